The van der Waals surface area contributed by atoms with Gasteiger partial charge < -0.3 is 4.74 Å². The number of carbonyl (C=O) groups is 1. The molecule has 1 aromatic heterocycles. The SMILES string of the molecule is CCOC(=O)c1sc(-c2ccc(Cl)cc2)cc1C. The predicted octanol–water partition coefficient (Wildman–Crippen LogP) is 4.55. The normalized spacial score (nSPS) is 10.4. The molecule has 0 N–H and O–H groups in total. The van der Waals surface area contributed by atoms with E-state index in [0.29, 0.717) is 16.5 Å². The Morgan fingerprint density at radius 2 is 2.00 bits per heavy atom. The van der Waals surface area contributed by atoms with Crippen molar-refractivity contribution < 1.29 is 9.53 Å². The van der Waals surface area contributed by atoms with Gasteiger partial charge in [0.15, 0.2) is 0 Å². The Kier molecular flexibility index (Phi) is 4.04. The number of aryl methyl sites for hydroxylation is 1. The topological polar surface area (TPSA) is 26.3 Å². The lowest BCUT2D eigenvalue weighted by Crippen LogP contribution is -2.03. The van der Waals surface area contributed by atoms with Crippen molar-refractivity contribution in [1.82, 2.24) is 0 Å². The van der Waals surface area contributed by atoms with Crippen molar-refractivity contribution in [2.45, 2.75) is 13.8 Å². The van der Waals surface area contributed by atoms with Gasteiger partial charge in [-0.1, -0.05) is 23.7 Å². The van der Waals surface area contributed by atoms with Gasteiger partial charge in [0.05, 0.1) is 6.61 Å². The molecule has 0 unspecified atom stereocenters. The minimum absolute atomic E-state index is 0.250. The van der Waals surface area contributed by atoms with E-state index in [1.807, 2.05) is 37.3 Å². The van der Waals surface area contributed by atoms with Crippen LogP contribution in [0.3, 0.4) is 0 Å². The van der Waals surface area contributed by atoms with Gasteiger partial charge in [-0.05, 0) is 43.2 Å². The highest BCUT2D eigenvalue weighted by Gasteiger charge is 2.15. The second kappa shape index (κ2) is 5.55. The molecule has 2 aromatic rings. The van der Waals surface area contributed by atoms with Crippen LogP contribution in [0.1, 0.15) is 22.2 Å². The number of halogens is 1. The molecule has 0 saturated carbocycles. The van der Waals surface area contributed by atoms with Crippen molar-refractivity contribution in [3.05, 3.63) is 45.8 Å². The summed E-state index contributed by atoms with van der Waals surface area (Å²) in [5.41, 5.74) is 2.01. The zero-order valence-corrected chi connectivity index (χ0v) is 11.8. The fourth-order valence-electron chi connectivity index (χ4n) is 1.64. The molecular formula is C14H13ClO2S. The van der Waals surface area contributed by atoms with E-state index in [1.165, 1.54) is 11.3 Å². The summed E-state index contributed by atoms with van der Waals surface area (Å²) in [6, 6.07) is 9.58. The van der Waals surface area contributed by atoms with Crippen LogP contribution < -0.4 is 0 Å². The van der Waals surface area contributed by atoms with Crippen molar-refractivity contribution in [2.24, 2.45) is 0 Å². The van der Waals surface area contributed by atoms with Crippen LogP contribution in [0.5, 0.6) is 0 Å². The summed E-state index contributed by atoms with van der Waals surface area (Å²) in [7, 11) is 0. The van der Waals surface area contributed by atoms with E-state index in [9.17, 15) is 4.79 Å². The van der Waals surface area contributed by atoms with E-state index in [2.05, 4.69) is 0 Å². The van der Waals surface area contributed by atoms with Crippen LogP contribution in [-0.2, 0) is 4.74 Å². The largest absolute Gasteiger partial charge is 0.462 e. The molecular weight excluding hydrogens is 268 g/mol. The zero-order chi connectivity index (χ0) is 13.1. The fourth-order valence-corrected chi connectivity index (χ4v) is 2.84. The number of hydrogen-bond donors (Lipinski definition) is 0. The number of ether oxygens (including phenoxy) is 1. The van der Waals surface area contributed by atoms with Crippen molar-refractivity contribution in [3.8, 4) is 10.4 Å². The summed E-state index contributed by atoms with van der Waals surface area (Å²) in [5.74, 6) is -0.250. The molecule has 2 nitrogen and oxygen atoms in total. The Hall–Kier alpha value is -1.32. The van der Waals surface area contributed by atoms with Gasteiger partial charge in [-0.3, -0.25) is 0 Å². The summed E-state index contributed by atoms with van der Waals surface area (Å²) in [6.07, 6.45) is 0. The molecule has 0 amide bonds. The molecule has 0 aliphatic rings. The van der Waals surface area contributed by atoms with Crippen LogP contribution in [0.4, 0.5) is 0 Å². The predicted molar refractivity (Wildman–Crippen MR) is 75.5 cm³/mol. The minimum atomic E-state index is -0.250. The van der Waals surface area contributed by atoms with Gasteiger partial charge in [0.25, 0.3) is 0 Å². The number of benzene rings is 1. The lowest BCUT2D eigenvalue weighted by atomic mass is 10.1. The van der Waals surface area contributed by atoms with E-state index in [4.69, 9.17) is 16.3 Å². The maximum absolute atomic E-state index is 11.7. The first-order valence-corrected chi connectivity index (χ1v) is 6.84. The molecule has 1 heterocycles. The van der Waals surface area contributed by atoms with Crippen molar-refractivity contribution in [1.29, 1.82) is 0 Å². The summed E-state index contributed by atoms with van der Waals surface area (Å²) in [4.78, 5) is 13.4. The van der Waals surface area contributed by atoms with Gasteiger partial charge >= 0.3 is 5.97 Å². The third kappa shape index (κ3) is 2.74. The Morgan fingerprint density at radius 1 is 1.33 bits per heavy atom. The molecule has 0 aliphatic heterocycles. The monoisotopic (exact) mass is 280 g/mol. The van der Waals surface area contributed by atoms with Gasteiger partial charge in [-0.25, -0.2) is 4.79 Å². The van der Waals surface area contributed by atoms with Gasteiger partial charge in [0.1, 0.15) is 4.88 Å². The molecule has 0 atom stereocenters. The molecule has 0 spiro atoms. The van der Waals surface area contributed by atoms with Crippen LogP contribution in [0.2, 0.25) is 5.02 Å². The first-order chi connectivity index (χ1) is 8.61. The highest BCUT2D eigenvalue weighted by molar-refractivity contribution is 7.17. The van der Waals surface area contributed by atoms with Crippen molar-refractivity contribution >= 4 is 28.9 Å². The molecule has 4 heteroatoms. The van der Waals surface area contributed by atoms with Crippen LogP contribution in [0.15, 0.2) is 30.3 Å². The second-order valence-electron chi connectivity index (χ2n) is 3.85. The summed E-state index contributed by atoms with van der Waals surface area (Å²) < 4.78 is 5.03. The number of hydrogen-bond acceptors (Lipinski definition) is 3. The van der Waals surface area contributed by atoms with Crippen molar-refractivity contribution in [2.75, 3.05) is 6.61 Å². The van der Waals surface area contributed by atoms with E-state index >= 15 is 0 Å². The Morgan fingerprint density at radius 3 is 2.61 bits per heavy atom. The quantitative estimate of drug-likeness (QED) is 0.771. The highest BCUT2D eigenvalue weighted by atomic mass is 35.5. The lowest BCUT2D eigenvalue weighted by molar-refractivity contribution is 0.0531. The molecule has 18 heavy (non-hydrogen) atoms. The molecule has 2 rings (SSSR count). The third-order valence-corrected chi connectivity index (χ3v) is 4.03. The third-order valence-electron chi connectivity index (χ3n) is 2.51. The van der Waals surface area contributed by atoms with Crippen LogP contribution in [0.25, 0.3) is 10.4 Å². The summed E-state index contributed by atoms with van der Waals surface area (Å²) in [5, 5.41) is 0.706. The maximum atomic E-state index is 11.7. The molecule has 1 aromatic carbocycles. The number of rotatable bonds is 3. The van der Waals surface area contributed by atoms with Gasteiger partial charge in [0.2, 0.25) is 0 Å². The van der Waals surface area contributed by atoms with E-state index in [1.54, 1.807) is 6.92 Å². The Bertz CT molecular complexity index is 558. The number of thiophene rings is 1. The average Bonchev–Trinajstić information content (AvgIpc) is 2.72. The van der Waals surface area contributed by atoms with E-state index < -0.39 is 0 Å². The van der Waals surface area contributed by atoms with Gasteiger partial charge in [0, 0.05) is 9.90 Å². The Labute approximate surface area is 115 Å². The molecule has 0 radical (unpaired) electrons. The second-order valence-corrected chi connectivity index (χ2v) is 5.34. The first-order valence-electron chi connectivity index (χ1n) is 5.65. The van der Waals surface area contributed by atoms with Crippen molar-refractivity contribution in [3.63, 3.8) is 0 Å². The maximum Gasteiger partial charge on any atom is 0.348 e. The number of esters is 1. The van der Waals surface area contributed by atoms with Crippen LogP contribution in [-0.4, -0.2) is 12.6 Å². The highest BCUT2D eigenvalue weighted by Crippen LogP contribution is 2.32. The van der Waals surface area contributed by atoms with Crippen LogP contribution >= 0.6 is 22.9 Å². The molecule has 0 aliphatic carbocycles. The molecule has 0 saturated heterocycles. The number of carbonyl (C=O) groups excluding carboxylic acids is 1. The molecule has 0 bridgehead atoms. The fraction of sp³-hybridized carbons (Fsp3) is 0.214. The minimum Gasteiger partial charge on any atom is -0.462 e. The standard InChI is InChI=1S/C14H13ClO2S/c1-3-17-14(16)13-9(2)8-12(18-13)10-4-6-11(15)7-5-10/h4-8H,3H2,1-2H3. The van der Waals surface area contributed by atoms with Gasteiger partial charge in [-0.15, -0.1) is 11.3 Å². The summed E-state index contributed by atoms with van der Waals surface area (Å²) in [6.45, 7) is 4.12. The van der Waals surface area contributed by atoms with Gasteiger partial charge in [-0.2, -0.15) is 0 Å². The zero-order valence-electron chi connectivity index (χ0n) is 10.2. The van der Waals surface area contributed by atoms with Crippen LogP contribution in [0, 0.1) is 6.92 Å². The lowest BCUT2D eigenvalue weighted by Gasteiger charge is -1.99. The van der Waals surface area contributed by atoms with E-state index in [-0.39, 0.29) is 5.97 Å². The smallest absolute Gasteiger partial charge is 0.348 e. The first kappa shape index (κ1) is 13.1. The summed E-state index contributed by atoms with van der Waals surface area (Å²) >= 11 is 7.31. The average molecular weight is 281 g/mol. The molecule has 94 valence electrons. The molecule has 0 fully saturated rings. The van der Waals surface area contributed by atoms with E-state index in [0.717, 1.165) is 16.0 Å². The Balaban J connectivity index is 2.34.